The number of hydrogen-bond acceptors (Lipinski definition) is 3. The number of anilines is 1. The van der Waals surface area contributed by atoms with Gasteiger partial charge >= 0.3 is 0 Å². The molecule has 4 heteroatoms. The van der Waals surface area contributed by atoms with E-state index in [1.54, 1.807) is 12.4 Å². The third-order valence-corrected chi connectivity index (χ3v) is 4.33. The molecule has 1 aliphatic heterocycles. The quantitative estimate of drug-likeness (QED) is 0.901. The van der Waals surface area contributed by atoms with Crippen molar-refractivity contribution in [2.24, 2.45) is 5.92 Å². The van der Waals surface area contributed by atoms with Gasteiger partial charge in [0.25, 0.3) is 5.91 Å². The molecule has 1 unspecified atom stereocenters. The standard InChI is InChI=1S/C17H27N3O/c1-3-9-19-16-13-18-10-7-15(16)17(21)20-11-5-6-14(4-2)8-12-20/h7,10,13-14,19H,3-6,8-9,11-12H2,1-2H3. The zero-order valence-corrected chi connectivity index (χ0v) is 13.3. The molecule has 1 aliphatic rings. The minimum atomic E-state index is 0.146. The van der Waals surface area contributed by atoms with Crippen molar-refractivity contribution < 1.29 is 4.79 Å². The number of carbonyl (C=O) groups is 1. The first-order valence-corrected chi connectivity index (χ1v) is 8.23. The van der Waals surface area contributed by atoms with Gasteiger partial charge in [0.2, 0.25) is 0 Å². The summed E-state index contributed by atoms with van der Waals surface area (Å²) in [5, 5.41) is 3.31. The maximum absolute atomic E-state index is 12.8. The predicted molar refractivity (Wildman–Crippen MR) is 86.6 cm³/mol. The predicted octanol–water partition coefficient (Wildman–Crippen LogP) is 3.56. The van der Waals surface area contributed by atoms with Crippen LogP contribution in [0.4, 0.5) is 5.69 Å². The lowest BCUT2D eigenvalue weighted by Crippen LogP contribution is -2.32. The Bertz CT molecular complexity index is 461. The summed E-state index contributed by atoms with van der Waals surface area (Å²) in [5.41, 5.74) is 1.62. The van der Waals surface area contributed by atoms with E-state index in [9.17, 15) is 4.79 Å². The Labute approximate surface area is 127 Å². The first-order chi connectivity index (χ1) is 10.3. The molecule has 2 rings (SSSR count). The number of aromatic nitrogens is 1. The van der Waals surface area contributed by atoms with Gasteiger partial charge in [-0.3, -0.25) is 9.78 Å². The number of hydrogen-bond donors (Lipinski definition) is 1. The Morgan fingerprint density at radius 1 is 1.38 bits per heavy atom. The molecule has 21 heavy (non-hydrogen) atoms. The second-order valence-corrected chi connectivity index (χ2v) is 5.85. The van der Waals surface area contributed by atoms with E-state index in [4.69, 9.17) is 0 Å². The van der Waals surface area contributed by atoms with Crippen LogP contribution in [0.15, 0.2) is 18.5 Å². The van der Waals surface area contributed by atoms with Gasteiger partial charge in [0.1, 0.15) is 0 Å². The van der Waals surface area contributed by atoms with Gasteiger partial charge in [-0.25, -0.2) is 0 Å². The number of amides is 1. The van der Waals surface area contributed by atoms with Crippen molar-refractivity contribution in [2.45, 2.75) is 46.0 Å². The molecule has 0 spiro atoms. The van der Waals surface area contributed by atoms with Gasteiger partial charge < -0.3 is 10.2 Å². The summed E-state index contributed by atoms with van der Waals surface area (Å²) in [6, 6.07) is 1.84. The maximum Gasteiger partial charge on any atom is 0.256 e. The molecule has 2 heterocycles. The van der Waals surface area contributed by atoms with E-state index in [-0.39, 0.29) is 5.91 Å². The monoisotopic (exact) mass is 289 g/mol. The highest BCUT2D eigenvalue weighted by Crippen LogP contribution is 2.23. The van der Waals surface area contributed by atoms with E-state index in [0.29, 0.717) is 0 Å². The van der Waals surface area contributed by atoms with Crippen LogP contribution in [-0.2, 0) is 0 Å². The molecule has 0 saturated carbocycles. The summed E-state index contributed by atoms with van der Waals surface area (Å²) in [6.45, 7) is 6.99. The molecule has 4 nitrogen and oxygen atoms in total. The first kappa shape index (κ1) is 15.8. The topological polar surface area (TPSA) is 45.2 Å². The number of pyridine rings is 1. The molecule has 1 fully saturated rings. The molecule has 1 aromatic rings. The highest BCUT2D eigenvalue weighted by atomic mass is 16.2. The van der Waals surface area contributed by atoms with Crippen LogP contribution in [0.2, 0.25) is 0 Å². The summed E-state index contributed by atoms with van der Waals surface area (Å²) in [4.78, 5) is 18.9. The number of rotatable bonds is 5. The lowest BCUT2D eigenvalue weighted by molar-refractivity contribution is 0.0760. The van der Waals surface area contributed by atoms with E-state index in [0.717, 1.165) is 56.1 Å². The number of nitrogens with one attached hydrogen (secondary N) is 1. The summed E-state index contributed by atoms with van der Waals surface area (Å²) in [6.07, 6.45) is 9.22. The van der Waals surface area contributed by atoms with Crippen LogP contribution in [0.1, 0.15) is 56.3 Å². The van der Waals surface area contributed by atoms with Gasteiger partial charge in [-0.05, 0) is 37.7 Å². The normalized spacial score (nSPS) is 19.1. The summed E-state index contributed by atoms with van der Waals surface area (Å²) >= 11 is 0. The molecule has 1 saturated heterocycles. The fourth-order valence-corrected chi connectivity index (χ4v) is 2.93. The van der Waals surface area contributed by atoms with Crippen molar-refractivity contribution in [2.75, 3.05) is 25.0 Å². The SMILES string of the molecule is CCCNc1cnccc1C(=O)N1CCCC(CC)CC1. The van der Waals surface area contributed by atoms with Crippen LogP contribution in [0.3, 0.4) is 0 Å². The van der Waals surface area contributed by atoms with Crippen LogP contribution in [0.5, 0.6) is 0 Å². The van der Waals surface area contributed by atoms with E-state index in [2.05, 4.69) is 24.1 Å². The first-order valence-electron chi connectivity index (χ1n) is 8.23. The zero-order valence-electron chi connectivity index (χ0n) is 13.3. The summed E-state index contributed by atoms with van der Waals surface area (Å²) in [5.74, 6) is 0.922. The van der Waals surface area contributed by atoms with Crippen LogP contribution >= 0.6 is 0 Å². The molecule has 0 bridgehead atoms. The molecule has 0 aliphatic carbocycles. The van der Waals surface area contributed by atoms with Crippen molar-refractivity contribution in [1.29, 1.82) is 0 Å². The molecule has 116 valence electrons. The van der Waals surface area contributed by atoms with Gasteiger partial charge in [0.15, 0.2) is 0 Å². The van der Waals surface area contributed by atoms with Gasteiger partial charge in [-0.15, -0.1) is 0 Å². The van der Waals surface area contributed by atoms with Crippen molar-refractivity contribution in [3.05, 3.63) is 24.0 Å². The lowest BCUT2D eigenvalue weighted by Gasteiger charge is -2.22. The highest BCUT2D eigenvalue weighted by Gasteiger charge is 2.22. The lowest BCUT2D eigenvalue weighted by atomic mass is 9.98. The van der Waals surface area contributed by atoms with Crippen LogP contribution in [0, 0.1) is 5.92 Å². The number of nitrogens with zero attached hydrogens (tertiary/aromatic N) is 2. The Morgan fingerprint density at radius 3 is 3.00 bits per heavy atom. The summed E-state index contributed by atoms with van der Waals surface area (Å²) in [7, 11) is 0. The van der Waals surface area contributed by atoms with E-state index in [1.165, 1.54) is 12.8 Å². The zero-order chi connectivity index (χ0) is 15.1. The Kier molecular flexibility index (Phi) is 6.03. The molecule has 1 N–H and O–H groups in total. The fourth-order valence-electron chi connectivity index (χ4n) is 2.93. The minimum absolute atomic E-state index is 0.146. The third-order valence-electron chi connectivity index (χ3n) is 4.33. The van der Waals surface area contributed by atoms with Crippen molar-refractivity contribution in [1.82, 2.24) is 9.88 Å². The Hall–Kier alpha value is -1.58. The molecule has 0 aromatic carbocycles. The average Bonchev–Trinajstić information content (AvgIpc) is 2.78. The number of carbonyl (C=O) groups excluding carboxylic acids is 1. The highest BCUT2D eigenvalue weighted by molar-refractivity contribution is 5.99. The Morgan fingerprint density at radius 2 is 2.24 bits per heavy atom. The maximum atomic E-state index is 12.8. The van der Waals surface area contributed by atoms with Gasteiger partial charge in [0.05, 0.1) is 17.4 Å². The molecule has 1 amide bonds. The van der Waals surface area contributed by atoms with Crippen LogP contribution < -0.4 is 5.32 Å². The molecule has 1 atom stereocenters. The molecule has 1 aromatic heterocycles. The van der Waals surface area contributed by atoms with Crippen LogP contribution in [0.25, 0.3) is 0 Å². The van der Waals surface area contributed by atoms with Crippen LogP contribution in [-0.4, -0.2) is 35.4 Å². The average molecular weight is 289 g/mol. The van der Waals surface area contributed by atoms with Crippen molar-refractivity contribution >= 4 is 11.6 Å². The summed E-state index contributed by atoms with van der Waals surface area (Å²) < 4.78 is 0. The van der Waals surface area contributed by atoms with Gasteiger partial charge in [-0.2, -0.15) is 0 Å². The van der Waals surface area contributed by atoms with E-state index < -0.39 is 0 Å². The molecular weight excluding hydrogens is 262 g/mol. The fraction of sp³-hybridized carbons (Fsp3) is 0.647. The van der Waals surface area contributed by atoms with Gasteiger partial charge in [0, 0.05) is 25.8 Å². The minimum Gasteiger partial charge on any atom is -0.383 e. The largest absolute Gasteiger partial charge is 0.383 e. The smallest absolute Gasteiger partial charge is 0.256 e. The molecule has 0 radical (unpaired) electrons. The third kappa shape index (κ3) is 4.19. The number of likely N-dealkylation sites (tertiary alicyclic amines) is 1. The van der Waals surface area contributed by atoms with Gasteiger partial charge in [-0.1, -0.05) is 20.3 Å². The van der Waals surface area contributed by atoms with E-state index in [1.807, 2.05) is 11.0 Å². The second-order valence-electron chi connectivity index (χ2n) is 5.85. The molecular formula is C17H27N3O. The van der Waals surface area contributed by atoms with Crippen molar-refractivity contribution in [3.63, 3.8) is 0 Å². The van der Waals surface area contributed by atoms with E-state index >= 15 is 0 Å². The van der Waals surface area contributed by atoms with Crippen molar-refractivity contribution in [3.8, 4) is 0 Å². The second kappa shape index (κ2) is 8.01. The Balaban J connectivity index is 2.08.